The molecule has 0 bridgehead atoms. The quantitative estimate of drug-likeness (QED) is 0.760. The number of ether oxygens (including phenoxy) is 1. The maximum Gasteiger partial charge on any atom is 0.310 e. The Balaban J connectivity index is 2.10. The third-order valence-corrected chi connectivity index (χ3v) is 3.93. The second-order valence-corrected chi connectivity index (χ2v) is 5.21. The van der Waals surface area contributed by atoms with Gasteiger partial charge < -0.3 is 9.84 Å². The topological polar surface area (TPSA) is 49.8 Å². The van der Waals surface area contributed by atoms with Crippen LogP contribution in [-0.2, 0) is 9.53 Å². The van der Waals surface area contributed by atoms with Gasteiger partial charge in [0, 0.05) is 12.1 Å². The summed E-state index contributed by atoms with van der Waals surface area (Å²) in [5.41, 5.74) is 0. The molecule has 4 heteroatoms. The maximum atomic E-state index is 11.3. The first-order valence-electron chi connectivity index (χ1n) is 6.97. The minimum absolute atomic E-state index is 0.0372. The van der Waals surface area contributed by atoms with Gasteiger partial charge in [0.1, 0.15) is 0 Å². The summed E-state index contributed by atoms with van der Waals surface area (Å²) in [7, 11) is 0. The molecule has 0 spiro atoms. The fourth-order valence-electron chi connectivity index (χ4n) is 3.01. The van der Waals surface area contributed by atoms with Gasteiger partial charge in [-0.05, 0) is 32.2 Å². The molecule has 0 saturated carbocycles. The number of hydrogen-bond acceptors (Lipinski definition) is 3. The van der Waals surface area contributed by atoms with Gasteiger partial charge in [0.15, 0.2) is 0 Å². The summed E-state index contributed by atoms with van der Waals surface area (Å²) in [6, 6.07) is 0.433. The van der Waals surface area contributed by atoms with E-state index in [0.29, 0.717) is 19.3 Å². The summed E-state index contributed by atoms with van der Waals surface area (Å²) >= 11 is 0. The first kappa shape index (κ1) is 13.6. The molecule has 1 N–H and O–H groups in total. The molecule has 2 aliphatic rings. The lowest BCUT2D eigenvalue weighted by Crippen LogP contribution is -2.48. The lowest BCUT2D eigenvalue weighted by atomic mass is 9.95. The summed E-state index contributed by atoms with van der Waals surface area (Å²) in [6.07, 6.45) is 9.01. The molecule has 0 radical (unpaired) electrons. The van der Waals surface area contributed by atoms with Gasteiger partial charge in [-0.2, -0.15) is 0 Å². The molecule has 1 aliphatic carbocycles. The molecule has 0 aromatic carbocycles. The number of carboxylic acid groups (broad SMARTS) is 1. The Labute approximate surface area is 109 Å². The fourth-order valence-corrected chi connectivity index (χ4v) is 3.01. The van der Waals surface area contributed by atoms with Crippen LogP contribution in [0.15, 0.2) is 12.2 Å². The molecule has 3 atom stereocenters. The van der Waals surface area contributed by atoms with Gasteiger partial charge in [-0.25, -0.2) is 0 Å². The van der Waals surface area contributed by atoms with Crippen molar-refractivity contribution in [3.8, 4) is 0 Å². The van der Waals surface area contributed by atoms with Gasteiger partial charge in [0.25, 0.3) is 0 Å². The lowest BCUT2D eigenvalue weighted by Gasteiger charge is -2.37. The Morgan fingerprint density at radius 3 is 2.94 bits per heavy atom. The molecule has 1 fully saturated rings. The largest absolute Gasteiger partial charge is 0.481 e. The van der Waals surface area contributed by atoms with Crippen LogP contribution >= 0.6 is 0 Å². The van der Waals surface area contributed by atoms with Crippen LogP contribution in [0.3, 0.4) is 0 Å². The van der Waals surface area contributed by atoms with Crippen LogP contribution in [0.2, 0.25) is 0 Å². The molecule has 0 aromatic rings. The molecule has 0 amide bonds. The average Bonchev–Trinajstić information content (AvgIpc) is 2.86. The number of aliphatic carboxylic acids is 1. The predicted molar refractivity (Wildman–Crippen MR) is 69.5 cm³/mol. The number of rotatable bonds is 5. The molecule has 1 aliphatic heterocycles. The maximum absolute atomic E-state index is 11.3. The third kappa shape index (κ3) is 2.93. The SMILES string of the molecule is CCCN(C1C=CCCC1)C1COCC1C(=O)O. The predicted octanol–water partition coefficient (Wildman–Crippen LogP) is 1.91. The molecule has 18 heavy (non-hydrogen) atoms. The van der Waals surface area contributed by atoms with E-state index in [1.807, 2.05) is 0 Å². The van der Waals surface area contributed by atoms with Crippen molar-refractivity contribution >= 4 is 5.97 Å². The van der Waals surface area contributed by atoms with Crippen LogP contribution in [0, 0.1) is 5.92 Å². The second kappa shape index (κ2) is 6.34. The molecule has 1 saturated heterocycles. The second-order valence-electron chi connectivity index (χ2n) is 5.21. The Bertz CT molecular complexity index is 316. The highest BCUT2D eigenvalue weighted by atomic mass is 16.5. The number of hydrogen-bond donors (Lipinski definition) is 1. The standard InChI is InChI=1S/C14H23NO3/c1-2-8-15(11-6-4-3-5-7-11)13-10-18-9-12(13)14(16)17/h4,6,11-13H,2-3,5,7-10H2,1H3,(H,16,17). The van der Waals surface area contributed by atoms with E-state index in [1.165, 1.54) is 6.42 Å². The van der Waals surface area contributed by atoms with Gasteiger partial charge >= 0.3 is 5.97 Å². The number of allylic oxidation sites excluding steroid dienone is 1. The van der Waals surface area contributed by atoms with Crippen molar-refractivity contribution < 1.29 is 14.6 Å². The smallest absolute Gasteiger partial charge is 0.310 e. The molecular weight excluding hydrogens is 230 g/mol. The lowest BCUT2D eigenvalue weighted by molar-refractivity contribution is -0.143. The van der Waals surface area contributed by atoms with E-state index in [-0.39, 0.29) is 12.0 Å². The van der Waals surface area contributed by atoms with E-state index in [9.17, 15) is 9.90 Å². The number of carbonyl (C=O) groups is 1. The molecule has 0 aromatic heterocycles. The van der Waals surface area contributed by atoms with Crippen LogP contribution in [0.25, 0.3) is 0 Å². The highest BCUT2D eigenvalue weighted by molar-refractivity contribution is 5.71. The van der Waals surface area contributed by atoms with E-state index in [2.05, 4.69) is 24.0 Å². The summed E-state index contributed by atoms with van der Waals surface area (Å²) in [5, 5.41) is 9.27. The fraction of sp³-hybridized carbons (Fsp3) is 0.786. The average molecular weight is 253 g/mol. The van der Waals surface area contributed by atoms with Crippen LogP contribution in [0.5, 0.6) is 0 Å². The monoisotopic (exact) mass is 253 g/mol. The van der Waals surface area contributed by atoms with Crippen molar-refractivity contribution in [3.05, 3.63) is 12.2 Å². The van der Waals surface area contributed by atoms with Crippen molar-refractivity contribution in [1.29, 1.82) is 0 Å². The number of carboxylic acids is 1. The van der Waals surface area contributed by atoms with Crippen molar-refractivity contribution in [2.24, 2.45) is 5.92 Å². The van der Waals surface area contributed by atoms with E-state index in [1.54, 1.807) is 0 Å². The Kier molecular flexibility index (Phi) is 4.78. The molecule has 2 rings (SSSR count). The van der Waals surface area contributed by atoms with Gasteiger partial charge in [0.2, 0.25) is 0 Å². The summed E-state index contributed by atoms with van der Waals surface area (Å²) in [6.45, 7) is 4.01. The highest BCUT2D eigenvalue weighted by Gasteiger charge is 2.39. The summed E-state index contributed by atoms with van der Waals surface area (Å²) in [4.78, 5) is 13.6. The van der Waals surface area contributed by atoms with Crippen molar-refractivity contribution in [2.75, 3.05) is 19.8 Å². The zero-order chi connectivity index (χ0) is 13.0. The van der Waals surface area contributed by atoms with Gasteiger partial charge in [-0.3, -0.25) is 9.69 Å². The molecule has 4 nitrogen and oxygen atoms in total. The van der Waals surface area contributed by atoms with Crippen LogP contribution < -0.4 is 0 Å². The Hall–Kier alpha value is -0.870. The molecule has 3 unspecified atom stereocenters. The van der Waals surface area contributed by atoms with Gasteiger partial charge in [-0.15, -0.1) is 0 Å². The summed E-state index contributed by atoms with van der Waals surface area (Å²) in [5.74, 6) is -1.09. The van der Waals surface area contributed by atoms with Crippen LogP contribution in [0.1, 0.15) is 32.6 Å². The third-order valence-electron chi connectivity index (χ3n) is 3.93. The molecule has 102 valence electrons. The van der Waals surface area contributed by atoms with E-state index in [0.717, 1.165) is 25.8 Å². The van der Waals surface area contributed by atoms with Crippen molar-refractivity contribution in [2.45, 2.75) is 44.7 Å². The van der Waals surface area contributed by atoms with E-state index >= 15 is 0 Å². The zero-order valence-electron chi connectivity index (χ0n) is 11.0. The van der Waals surface area contributed by atoms with Gasteiger partial charge in [-0.1, -0.05) is 19.1 Å². The zero-order valence-corrected chi connectivity index (χ0v) is 11.0. The van der Waals surface area contributed by atoms with E-state index in [4.69, 9.17) is 4.74 Å². The number of nitrogens with zero attached hydrogens (tertiary/aromatic N) is 1. The minimum Gasteiger partial charge on any atom is -0.481 e. The molecule has 1 heterocycles. The Morgan fingerprint density at radius 1 is 1.50 bits per heavy atom. The minimum atomic E-state index is -0.724. The van der Waals surface area contributed by atoms with Gasteiger partial charge in [0.05, 0.1) is 19.1 Å². The van der Waals surface area contributed by atoms with E-state index < -0.39 is 5.97 Å². The Morgan fingerprint density at radius 2 is 2.33 bits per heavy atom. The van der Waals surface area contributed by atoms with Crippen LogP contribution in [-0.4, -0.2) is 47.8 Å². The molecular formula is C14H23NO3. The highest BCUT2D eigenvalue weighted by Crippen LogP contribution is 2.26. The first-order chi connectivity index (χ1) is 8.74. The van der Waals surface area contributed by atoms with Crippen LogP contribution in [0.4, 0.5) is 0 Å². The normalized spacial score (nSPS) is 32.0. The first-order valence-corrected chi connectivity index (χ1v) is 6.97. The van der Waals surface area contributed by atoms with Crippen molar-refractivity contribution in [1.82, 2.24) is 4.90 Å². The van der Waals surface area contributed by atoms with Crippen molar-refractivity contribution in [3.63, 3.8) is 0 Å². The summed E-state index contributed by atoms with van der Waals surface area (Å²) < 4.78 is 5.40.